The average Bonchev–Trinajstić information content (AvgIpc) is 3.12. The molecule has 1 aromatic carbocycles. The van der Waals surface area contributed by atoms with Gasteiger partial charge in [-0.2, -0.15) is 0 Å². The Morgan fingerprint density at radius 2 is 1.02 bits per heavy atom. The molecule has 1 saturated heterocycles. The first-order chi connectivity index (χ1) is 24.9. The number of hydrogen-bond acceptors (Lipinski definition) is 9. The van der Waals surface area contributed by atoms with Crippen LogP contribution in [0.1, 0.15) is 167 Å². The van der Waals surface area contributed by atoms with Gasteiger partial charge in [0, 0.05) is 32.5 Å². The fraction of sp³-hybridized carbons (Fsp3) is 0.833. The zero-order chi connectivity index (χ0) is 37.3. The summed E-state index contributed by atoms with van der Waals surface area (Å²) in [6, 6.07) is 1.88. The summed E-state index contributed by atoms with van der Waals surface area (Å²) in [5.74, 6) is 1.38. The molecule has 1 aromatic rings. The van der Waals surface area contributed by atoms with Crippen molar-refractivity contribution in [2.75, 3.05) is 52.9 Å². The fourth-order valence-electron chi connectivity index (χ4n) is 5.98. The highest BCUT2D eigenvalue weighted by atomic mass is 16.6. The van der Waals surface area contributed by atoms with Gasteiger partial charge < -0.3 is 37.9 Å². The molecular weight excluding hydrogens is 648 g/mol. The van der Waals surface area contributed by atoms with E-state index in [2.05, 4.69) is 48.5 Å². The molecule has 5 unspecified atom stereocenters. The third-order valence-electron chi connectivity index (χ3n) is 9.12. The lowest BCUT2D eigenvalue weighted by atomic mass is 9.88. The van der Waals surface area contributed by atoms with Crippen molar-refractivity contribution in [1.82, 2.24) is 0 Å². The van der Waals surface area contributed by atoms with Gasteiger partial charge in [-0.3, -0.25) is 4.79 Å². The minimum atomic E-state index is -0.685. The second-order valence-corrected chi connectivity index (χ2v) is 13.7. The number of benzene rings is 1. The van der Waals surface area contributed by atoms with Crippen molar-refractivity contribution in [1.29, 1.82) is 0 Å². The lowest BCUT2D eigenvalue weighted by Gasteiger charge is -2.47. The molecule has 9 nitrogen and oxygen atoms in total. The Morgan fingerprint density at radius 1 is 0.569 bits per heavy atom. The van der Waals surface area contributed by atoms with Gasteiger partial charge in [0.25, 0.3) is 0 Å². The van der Waals surface area contributed by atoms with Gasteiger partial charge in [-0.05, 0) is 51.9 Å². The van der Waals surface area contributed by atoms with Crippen molar-refractivity contribution < 1.29 is 42.7 Å². The first-order valence-electron chi connectivity index (χ1n) is 20.6. The van der Waals surface area contributed by atoms with Crippen LogP contribution in [0.25, 0.3) is 0 Å². The SMILES string of the molecule is CCCCOCC1OC(c2c(OCCCC)cc(OCCCC)c(C(C)=O)c2OCCCC)C(OCCCC)C(OCCCC)C1OCCCC. The van der Waals surface area contributed by atoms with E-state index >= 15 is 0 Å². The van der Waals surface area contributed by atoms with Crippen LogP contribution in [-0.4, -0.2) is 83.1 Å². The standard InChI is InChI=1S/C42H74O9/c1-9-16-23-44-31-35-38(47-26-19-12-4)41(49-28-21-14-6)42(50-29-22-15-7)40(51-35)37-34(46-25-18-11-3)30-33(45-24-17-10-2)36(32(8)43)39(37)48-27-20-13-5/h30,35,38,40-42H,9-29,31H2,1-8H3. The number of unbranched alkanes of at least 4 members (excludes halogenated alkanes) is 7. The Labute approximate surface area is 311 Å². The number of carbonyl (C=O) groups is 1. The molecule has 51 heavy (non-hydrogen) atoms. The van der Waals surface area contributed by atoms with Crippen LogP contribution in [0, 0.1) is 0 Å². The van der Waals surface area contributed by atoms with E-state index in [4.69, 9.17) is 37.9 Å². The molecule has 2 rings (SSSR count). The highest BCUT2D eigenvalue weighted by Crippen LogP contribution is 2.49. The molecule has 1 fully saturated rings. The van der Waals surface area contributed by atoms with Gasteiger partial charge >= 0.3 is 0 Å². The monoisotopic (exact) mass is 723 g/mol. The van der Waals surface area contributed by atoms with Gasteiger partial charge in [-0.1, -0.05) is 93.4 Å². The smallest absolute Gasteiger partial charge is 0.167 e. The van der Waals surface area contributed by atoms with Gasteiger partial charge in [0.15, 0.2) is 5.78 Å². The minimum absolute atomic E-state index is 0.135. The number of Topliss-reactive ketones (excluding diaryl/α,β-unsaturated/α-hetero) is 1. The number of ether oxygens (including phenoxy) is 8. The van der Waals surface area contributed by atoms with Crippen LogP contribution in [-0.2, 0) is 23.7 Å². The molecular formula is C42H74O9. The summed E-state index contributed by atoms with van der Waals surface area (Å²) >= 11 is 0. The van der Waals surface area contributed by atoms with Crippen LogP contribution < -0.4 is 14.2 Å². The van der Waals surface area contributed by atoms with Gasteiger partial charge in [-0.15, -0.1) is 0 Å². The Kier molecular flexibility index (Phi) is 24.5. The van der Waals surface area contributed by atoms with E-state index in [1.807, 2.05) is 6.07 Å². The van der Waals surface area contributed by atoms with Gasteiger partial charge in [0.2, 0.25) is 0 Å². The molecule has 0 N–H and O–H groups in total. The molecule has 9 heteroatoms. The van der Waals surface area contributed by atoms with Crippen LogP contribution in [0.2, 0.25) is 0 Å². The topological polar surface area (TPSA) is 90.9 Å². The molecule has 0 aliphatic carbocycles. The molecule has 296 valence electrons. The minimum Gasteiger partial charge on any atom is -0.493 e. The van der Waals surface area contributed by atoms with Gasteiger partial charge in [0.05, 0.1) is 32.0 Å². The Hall–Kier alpha value is -1.91. The largest absolute Gasteiger partial charge is 0.493 e. The number of ketones is 1. The lowest BCUT2D eigenvalue weighted by molar-refractivity contribution is -0.268. The Morgan fingerprint density at radius 3 is 1.55 bits per heavy atom. The maximum absolute atomic E-state index is 13.6. The summed E-state index contributed by atoms with van der Waals surface area (Å²) in [5, 5.41) is 0. The third-order valence-corrected chi connectivity index (χ3v) is 9.12. The highest BCUT2D eigenvalue weighted by Gasteiger charge is 2.51. The fourth-order valence-corrected chi connectivity index (χ4v) is 5.98. The molecule has 0 saturated carbocycles. The molecule has 0 radical (unpaired) electrons. The summed E-state index contributed by atoms with van der Waals surface area (Å²) in [5.41, 5.74) is 1.09. The van der Waals surface area contributed by atoms with Crippen LogP contribution in [0.3, 0.4) is 0 Å². The van der Waals surface area contributed by atoms with Crippen molar-refractivity contribution >= 4 is 5.78 Å². The summed E-state index contributed by atoms with van der Waals surface area (Å²) < 4.78 is 53.3. The maximum atomic E-state index is 13.6. The predicted octanol–water partition coefficient (Wildman–Crippen LogP) is 10.2. The molecule has 0 aromatic heterocycles. The highest BCUT2D eigenvalue weighted by molar-refractivity contribution is 6.00. The first-order valence-corrected chi connectivity index (χ1v) is 20.6. The second-order valence-electron chi connectivity index (χ2n) is 13.7. The third kappa shape index (κ3) is 15.2. The molecule has 0 spiro atoms. The van der Waals surface area contributed by atoms with Crippen molar-refractivity contribution in [3.05, 3.63) is 17.2 Å². The van der Waals surface area contributed by atoms with Crippen LogP contribution in [0.15, 0.2) is 6.07 Å². The Bertz CT molecular complexity index is 1050. The number of rotatable bonds is 31. The van der Waals surface area contributed by atoms with E-state index < -0.39 is 30.5 Å². The number of carbonyl (C=O) groups excluding carboxylic acids is 1. The van der Waals surface area contributed by atoms with Crippen molar-refractivity contribution in [2.45, 2.75) is 176 Å². The van der Waals surface area contributed by atoms with E-state index in [-0.39, 0.29) is 5.78 Å². The second kappa shape index (κ2) is 27.7. The molecule has 0 bridgehead atoms. The predicted molar refractivity (Wildman–Crippen MR) is 205 cm³/mol. The summed E-state index contributed by atoms with van der Waals surface area (Å²) in [6.45, 7) is 20.7. The molecule has 0 amide bonds. The molecule has 1 aliphatic rings. The van der Waals surface area contributed by atoms with Crippen molar-refractivity contribution in [3.63, 3.8) is 0 Å². The van der Waals surface area contributed by atoms with E-state index in [1.54, 1.807) is 6.92 Å². The van der Waals surface area contributed by atoms with Crippen molar-refractivity contribution in [3.8, 4) is 17.2 Å². The van der Waals surface area contributed by atoms with Crippen LogP contribution >= 0.6 is 0 Å². The Balaban J connectivity index is 2.91. The first kappa shape index (κ1) is 45.2. The summed E-state index contributed by atoms with van der Waals surface area (Å²) in [4.78, 5) is 13.6. The molecule has 5 atom stereocenters. The van der Waals surface area contributed by atoms with Gasteiger partial charge in [-0.25, -0.2) is 0 Å². The van der Waals surface area contributed by atoms with E-state index in [0.29, 0.717) is 81.2 Å². The van der Waals surface area contributed by atoms with Crippen LogP contribution in [0.5, 0.6) is 17.2 Å². The number of hydrogen-bond donors (Lipinski definition) is 0. The van der Waals surface area contributed by atoms with Crippen molar-refractivity contribution in [2.24, 2.45) is 0 Å². The van der Waals surface area contributed by atoms with E-state index in [1.165, 1.54) is 0 Å². The zero-order valence-electron chi connectivity index (χ0n) is 33.7. The summed E-state index contributed by atoms with van der Waals surface area (Å²) in [6.07, 6.45) is 10.7. The molecule has 1 aliphatic heterocycles. The quantitative estimate of drug-likeness (QED) is 0.0549. The zero-order valence-corrected chi connectivity index (χ0v) is 33.7. The maximum Gasteiger partial charge on any atom is 0.167 e. The van der Waals surface area contributed by atoms with Crippen LogP contribution in [0.4, 0.5) is 0 Å². The van der Waals surface area contributed by atoms with Gasteiger partial charge in [0.1, 0.15) is 53.3 Å². The lowest BCUT2D eigenvalue weighted by Crippen LogP contribution is -2.58. The summed E-state index contributed by atoms with van der Waals surface area (Å²) in [7, 11) is 0. The van der Waals surface area contributed by atoms with E-state index in [9.17, 15) is 4.79 Å². The normalized spacial score (nSPS) is 20.4. The average molecular weight is 723 g/mol. The van der Waals surface area contributed by atoms with E-state index in [0.717, 1.165) is 89.9 Å². The molecule has 1 heterocycles.